The van der Waals surface area contributed by atoms with Crippen LogP contribution in [0.1, 0.15) is 31.2 Å². The van der Waals surface area contributed by atoms with Gasteiger partial charge in [0.15, 0.2) is 0 Å². The third-order valence-electron chi connectivity index (χ3n) is 4.16. The fourth-order valence-electron chi connectivity index (χ4n) is 2.74. The molecule has 0 bridgehead atoms. The Kier molecular flexibility index (Phi) is 5.62. The minimum atomic E-state index is -0.539. The van der Waals surface area contributed by atoms with E-state index in [0.29, 0.717) is 18.0 Å². The second-order valence-electron chi connectivity index (χ2n) is 5.60. The molecule has 1 fully saturated rings. The predicted molar refractivity (Wildman–Crippen MR) is 82.5 cm³/mol. The minimum absolute atomic E-state index is 0.0423. The van der Waals surface area contributed by atoms with Gasteiger partial charge in [-0.15, -0.1) is 0 Å². The number of benzene rings is 1. The molecule has 0 saturated heterocycles. The summed E-state index contributed by atoms with van der Waals surface area (Å²) in [6, 6.07) is 7.51. The van der Waals surface area contributed by atoms with Crippen molar-refractivity contribution in [1.82, 2.24) is 5.32 Å². The number of hydrogen-bond donors (Lipinski definition) is 2. The van der Waals surface area contributed by atoms with Gasteiger partial charge in [0.05, 0.1) is 18.1 Å². The normalized spacial score (nSPS) is 17.9. The summed E-state index contributed by atoms with van der Waals surface area (Å²) in [4.78, 5) is 12.5. The number of methoxy groups -OCH3 is 1. The molecule has 2 rings (SSSR count). The number of nitrogens with one attached hydrogen (secondary N) is 1. The average Bonchev–Trinajstić information content (AvgIpc) is 2.40. The lowest BCUT2D eigenvalue weighted by Gasteiger charge is -2.40. The van der Waals surface area contributed by atoms with Gasteiger partial charge in [-0.25, -0.2) is 0 Å². The molecule has 0 spiro atoms. The Bertz CT molecular complexity index is 471. The fraction of sp³-hybridized carbons (Fsp3) is 0.562. The number of halogens is 1. The number of aliphatic hydroxyl groups is 1. The Morgan fingerprint density at radius 1 is 1.43 bits per heavy atom. The van der Waals surface area contributed by atoms with Crippen LogP contribution in [0.4, 0.5) is 0 Å². The first-order valence-electron chi connectivity index (χ1n) is 7.30. The highest BCUT2D eigenvalue weighted by Gasteiger charge is 2.45. The van der Waals surface area contributed by atoms with E-state index in [1.807, 2.05) is 24.3 Å². The smallest absolute Gasteiger partial charge is 0.230 e. The van der Waals surface area contributed by atoms with Crippen molar-refractivity contribution in [2.24, 2.45) is 0 Å². The summed E-state index contributed by atoms with van der Waals surface area (Å²) in [7, 11) is 1.55. The van der Waals surface area contributed by atoms with Gasteiger partial charge in [0.25, 0.3) is 0 Å². The Morgan fingerprint density at radius 3 is 2.62 bits per heavy atom. The van der Waals surface area contributed by atoms with E-state index in [4.69, 9.17) is 16.3 Å². The summed E-state index contributed by atoms with van der Waals surface area (Å²) in [5, 5.41) is 13.2. The van der Waals surface area contributed by atoms with Crippen molar-refractivity contribution < 1.29 is 14.6 Å². The molecular formula is C16H22ClNO3. The van der Waals surface area contributed by atoms with Gasteiger partial charge >= 0.3 is 0 Å². The molecule has 1 unspecified atom stereocenters. The maximum atomic E-state index is 12.5. The lowest BCUT2D eigenvalue weighted by Crippen LogP contribution is -2.49. The molecule has 0 aliphatic heterocycles. The van der Waals surface area contributed by atoms with Crippen molar-refractivity contribution in [2.45, 2.75) is 37.2 Å². The molecule has 5 heteroatoms. The van der Waals surface area contributed by atoms with Crippen LogP contribution in [-0.2, 0) is 14.9 Å². The van der Waals surface area contributed by atoms with Gasteiger partial charge < -0.3 is 15.2 Å². The maximum absolute atomic E-state index is 12.5. The molecule has 0 aromatic heterocycles. The second-order valence-corrected chi connectivity index (χ2v) is 6.03. The quantitative estimate of drug-likeness (QED) is 0.812. The van der Waals surface area contributed by atoms with Crippen LogP contribution >= 0.6 is 11.6 Å². The van der Waals surface area contributed by atoms with E-state index in [0.717, 1.165) is 24.8 Å². The van der Waals surface area contributed by atoms with Gasteiger partial charge in [-0.3, -0.25) is 4.79 Å². The molecule has 1 atom stereocenters. The van der Waals surface area contributed by atoms with Gasteiger partial charge in [0.1, 0.15) is 0 Å². The number of carbonyl (C=O) groups excluding carboxylic acids is 1. The largest absolute Gasteiger partial charge is 0.391 e. The molecule has 0 radical (unpaired) electrons. The van der Waals surface area contributed by atoms with E-state index in [1.165, 1.54) is 0 Å². The molecule has 1 aromatic rings. The lowest BCUT2D eigenvalue weighted by atomic mass is 9.64. The zero-order chi connectivity index (χ0) is 15.3. The molecule has 1 aliphatic carbocycles. The molecule has 1 amide bonds. The van der Waals surface area contributed by atoms with Gasteiger partial charge in [-0.05, 0) is 37.0 Å². The first-order valence-corrected chi connectivity index (χ1v) is 7.67. The van der Waals surface area contributed by atoms with E-state index in [-0.39, 0.29) is 12.5 Å². The molecule has 1 aliphatic rings. The molecule has 1 saturated carbocycles. The van der Waals surface area contributed by atoms with Crippen LogP contribution in [0.3, 0.4) is 0 Å². The van der Waals surface area contributed by atoms with Crippen molar-refractivity contribution in [1.29, 1.82) is 0 Å². The summed E-state index contributed by atoms with van der Waals surface area (Å²) < 4.78 is 4.87. The van der Waals surface area contributed by atoms with Gasteiger partial charge in [-0.1, -0.05) is 30.2 Å². The monoisotopic (exact) mass is 311 g/mol. The fourth-order valence-corrected chi connectivity index (χ4v) is 2.87. The highest BCUT2D eigenvalue weighted by Crippen LogP contribution is 2.44. The van der Waals surface area contributed by atoms with Gasteiger partial charge in [0, 0.05) is 18.7 Å². The molecular weight excluding hydrogens is 290 g/mol. The van der Waals surface area contributed by atoms with Crippen molar-refractivity contribution in [3.05, 3.63) is 34.9 Å². The second kappa shape index (κ2) is 7.25. The third-order valence-corrected chi connectivity index (χ3v) is 4.41. The van der Waals surface area contributed by atoms with E-state index in [1.54, 1.807) is 7.11 Å². The summed E-state index contributed by atoms with van der Waals surface area (Å²) in [5.74, 6) is 0.0423. The topological polar surface area (TPSA) is 58.6 Å². The minimum Gasteiger partial charge on any atom is -0.391 e. The number of ether oxygens (including phenoxy) is 1. The van der Waals surface area contributed by atoms with Crippen LogP contribution in [0.25, 0.3) is 0 Å². The molecule has 21 heavy (non-hydrogen) atoms. The van der Waals surface area contributed by atoms with Crippen molar-refractivity contribution in [3.8, 4) is 0 Å². The standard InChI is InChI=1S/C16H22ClNO3/c1-21-11-14(19)7-10-18-15(20)16(8-2-9-16)12-3-5-13(17)6-4-12/h3-6,14,19H,2,7-11H2,1H3,(H,18,20). The van der Waals surface area contributed by atoms with E-state index in [2.05, 4.69) is 5.32 Å². The van der Waals surface area contributed by atoms with E-state index in [9.17, 15) is 9.90 Å². The van der Waals surface area contributed by atoms with Gasteiger partial charge in [0.2, 0.25) is 5.91 Å². The molecule has 4 nitrogen and oxygen atoms in total. The van der Waals surface area contributed by atoms with Crippen LogP contribution in [0, 0.1) is 0 Å². The number of carbonyl (C=O) groups is 1. The lowest BCUT2D eigenvalue weighted by molar-refractivity contribution is -0.130. The summed E-state index contributed by atoms with van der Waals surface area (Å²) in [6.07, 6.45) is 2.74. The zero-order valence-electron chi connectivity index (χ0n) is 12.3. The van der Waals surface area contributed by atoms with E-state index < -0.39 is 11.5 Å². The maximum Gasteiger partial charge on any atom is 0.230 e. The molecule has 1 aromatic carbocycles. The number of rotatable bonds is 7. The average molecular weight is 312 g/mol. The summed E-state index contributed by atoms with van der Waals surface area (Å²) in [5.41, 5.74) is 0.602. The third kappa shape index (κ3) is 3.76. The number of aliphatic hydroxyl groups excluding tert-OH is 1. The SMILES string of the molecule is COCC(O)CCNC(=O)C1(c2ccc(Cl)cc2)CCC1. The van der Waals surface area contributed by atoms with Crippen molar-refractivity contribution in [3.63, 3.8) is 0 Å². The van der Waals surface area contributed by atoms with Crippen LogP contribution in [0.2, 0.25) is 5.02 Å². The number of amides is 1. The first-order chi connectivity index (χ1) is 10.1. The highest BCUT2D eigenvalue weighted by atomic mass is 35.5. The van der Waals surface area contributed by atoms with Crippen LogP contribution < -0.4 is 5.32 Å². The molecule has 116 valence electrons. The Morgan fingerprint density at radius 2 is 2.10 bits per heavy atom. The number of hydrogen-bond acceptors (Lipinski definition) is 3. The van der Waals surface area contributed by atoms with E-state index >= 15 is 0 Å². The Balaban J connectivity index is 1.94. The highest BCUT2D eigenvalue weighted by molar-refractivity contribution is 6.30. The van der Waals surface area contributed by atoms with Crippen molar-refractivity contribution in [2.75, 3.05) is 20.3 Å². The Labute approximate surface area is 130 Å². The Hall–Kier alpha value is -1.10. The van der Waals surface area contributed by atoms with Crippen LogP contribution in [-0.4, -0.2) is 37.4 Å². The predicted octanol–water partition coefficient (Wildman–Crippen LogP) is 2.28. The van der Waals surface area contributed by atoms with Gasteiger partial charge in [-0.2, -0.15) is 0 Å². The summed E-state index contributed by atoms with van der Waals surface area (Å²) >= 11 is 5.91. The summed E-state index contributed by atoms with van der Waals surface area (Å²) in [6.45, 7) is 0.747. The van der Waals surface area contributed by atoms with Crippen LogP contribution in [0.5, 0.6) is 0 Å². The van der Waals surface area contributed by atoms with Crippen LogP contribution in [0.15, 0.2) is 24.3 Å². The molecule has 2 N–H and O–H groups in total. The zero-order valence-corrected chi connectivity index (χ0v) is 13.0. The van der Waals surface area contributed by atoms with Crippen molar-refractivity contribution >= 4 is 17.5 Å². The first kappa shape index (κ1) is 16.3. The molecule has 0 heterocycles.